The number of benzene rings is 1. The molecule has 22 heavy (non-hydrogen) atoms. The molecule has 1 aromatic rings. The van der Waals surface area contributed by atoms with E-state index in [9.17, 15) is 4.79 Å². The van der Waals surface area contributed by atoms with E-state index in [2.05, 4.69) is 10.2 Å². The van der Waals surface area contributed by atoms with Gasteiger partial charge < -0.3 is 14.8 Å². The van der Waals surface area contributed by atoms with Gasteiger partial charge in [0.1, 0.15) is 5.75 Å². The Kier molecular flexibility index (Phi) is 5.67. The average molecular weight is 327 g/mol. The molecule has 2 rings (SSSR count). The van der Waals surface area contributed by atoms with Crippen LogP contribution in [0.25, 0.3) is 0 Å². The van der Waals surface area contributed by atoms with Gasteiger partial charge in [0.15, 0.2) is 0 Å². The van der Waals surface area contributed by atoms with Crippen molar-refractivity contribution >= 4 is 23.2 Å². The van der Waals surface area contributed by atoms with Crippen LogP contribution in [0.5, 0.6) is 5.75 Å². The molecule has 122 valence electrons. The highest BCUT2D eigenvalue weighted by Gasteiger charge is 2.24. The molecule has 0 saturated carbocycles. The molecule has 1 amide bonds. The van der Waals surface area contributed by atoms with E-state index in [0.29, 0.717) is 23.0 Å². The predicted molar refractivity (Wildman–Crippen MR) is 87.8 cm³/mol. The number of anilines is 1. The molecule has 1 aliphatic rings. The van der Waals surface area contributed by atoms with E-state index in [0.717, 1.165) is 18.7 Å². The van der Waals surface area contributed by atoms with Gasteiger partial charge >= 0.3 is 0 Å². The second-order valence-electron chi connectivity index (χ2n) is 5.80. The number of ether oxygens (including phenoxy) is 2. The number of hydrogen-bond acceptors (Lipinski definition) is 4. The van der Waals surface area contributed by atoms with E-state index in [1.165, 1.54) is 0 Å². The highest BCUT2D eigenvalue weighted by molar-refractivity contribution is 6.31. The van der Waals surface area contributed by atoms with Crippen molar-refractivity contribution in [3.8, 4) is 5.75 Å². The third-order valence-corrected chi connectivity index (χ3v) is 4.02. The summed E-state index contributed by atoms with van der Waals surface area (Å²) < 4.78 is 10.9. The average Bonchev–Trinajstić information content (AvgIpc) is 2.41. The Morgan fingerprint density at radius 3 is 2.64 bits per heavy atom. The maximum absolute atomic E-state index is 12.3. The molecule has 1 fully saturated rings. The summed E-state index contributed by atoms with van der Waals surface area (Å²) in [5.41, 5.74) is 1.54. The quantitative estimate of drug-likeness (QED) is 0.924. The van der Waals surface area contributed by atoms with Gasteiger partial charge in [0.05, 0.1) is 31.5 Å². The zero-order valence-corrected chi connectivity index (χ0v) is 14.2. The van der Waals surface area contributed by atoms with Gasteiger partial charge in [-0.2, -0.15) is 0 Å². The largest absolute Gasteiger partial charge is 0.495 e. The molecule has 0 unspecified atom stereocenters. The van der Waals surface area contributed by atoms with Crippen LogP contribution >= 0.6 is 11.6 Å². The van der Waals surface area contributed by atoms with Crippen molar-refractivity contribution in [3.63, 3.8) is 0 Å². The van der Waals surface area contributed by atoms with Crippen LogP contribution in [0.15, 0.2) is 12.1 Å². The molecule has 1 saturated heterocycles. The highest BCUT2D eigenvalue weighted by atomic mass is 35.5. The number of aryl methyl sites for hydroxylation is 1. The third kappa shape index (κ3) is 4.35. The Labute approximate surface area is 136 Å². The Balaban J connectivity index is 2.01. The predicted octanol–water partition coefficient (Wildman–Crippen LogP) is 2.70. The van der Waals surface area contributed by atoms with Crippen LogP contribution in [0.3, 0.4) is 0 Å². The minimum Gasteiger partial charge on any atom is -0.495 e. The number of carbonyl (C=O) groups is 1. The number of nitrogens with one attached hydrogen (secondary N) is 1. The lowest BCUT2D eigenvalue weighted by Gasteiger charge is -2.34. The Bertz CT molecular complexity index is 540. The van der Waals surface area contributed by atoms with Gasteiger partial charge in [0.25, 0.3) is 0 Å². The summed E-state index contributed by atoms with van der Waals surface area (Å²) in [7, 11) is 1.56. The zero-order valence-electron chi connectivity index (χ0n) is 13.5. The molecule has 1 heterocycles. The third-order valence-electron chi connectivity index (χ3n) is 3.62. The number of methoxy groups -OCH3 is 1. The van der Waals surface area contributed by atoms with Crippen LogP contribution in [-0.2, 0) is 9.53 Å². The summed E-state index contributed by atoms with van der Waals surface area (Å²) in [6.07, 6.45) is 0.285. The summed E-state index contributed by atoms with van der Waals surface area (Å²) in [5, 5.41) is 3.52. The summed E-state index contributed by atoms with van der Waals surface area (Å²) in [5.74, 6) is 0.494. The van der Waals surface area contributed by atoms with Gasteiger partial charge in [0.2, 0.25) is 5.91 Å². The van der Waals surface area contributed by atoms with Crippen LogP contribution in [0.4, 0.5) is 5.69 Å². The van der Waals surface area contributed by atoms with E-state index in [4.69, 9.17) is 21.1 Å². The fourth-order valence-corrected chi connectivity index (χ4v) is 2.89. The van der Waals surface area contributed by atoms with Crippen LogP contribution in [0.2, 0.25) is 5.02 Å². The van der Waals surface area contributed by atoms with E-state index >= 15 is 0 Å². The lowest BCUT2D eigenvalue weighted by atomic mass is 10.2. The fraction of sp³-hybridized carbons (Fsp3) is 0.562. The molecule has 1 aromatic carbocycles. The van der Waals surface area contributed by atoms with Gasteiger partial charge in [-0.15, -0.1) is 0 Å². The molecule has 0 spiro atoms. The molecule has 0 bridgehead atoms. The number of hydrogen-bond donors (Lipinski definition) is 1. The minimum absolute atomic E-state index is 0.0682. The maximum atomic E-state index is 12.3. The first-order chi connectivity index (χ1) is 10.4. The molecule has 0 radical (unpaired) electrons. The fourth-order valence-electron chi connectivity index (χ4n) is 2.74. The Morgan fingerprint density at radius 1 is 1.41 bits per heavy atom. The van der Waals surface area contributed by atoms with Crippen molar-refractivity contribution < 1.29 is 14.3 Å². The van der Waals surface area contributed by atoms with E-state index < -0.39 is 0 Å². The van der Waals surface area contributed by atoms with Crippen molar-refractivity contribution in [1.82, 2.24) is 4.90 Å². The van der Waals surface area contributed by atoms with Crippen LogP contribution in [-0.4, -0.2) is 49.8 Å². The van der Waals surface area contributed by atoms with Crippen molar-refractivity contribution in [1.29, 1.82) is 0 Å². The standard InChI is InChI=1S/C16H23ClN2O3/c1-10-5-14(15(21-4)6-13(10)17)18-16(20)9-19-7-11(2)22-12(3)8-19/h5-6,11-12H,7-9H2,1-4H3,(H,18,20)/t11-,12+. The van der Waals surface area contributed by atoms with Crippen LogP contribution in [0, 0.1) is 6.92 Å². The SMILES string of the molecule is COc1cc(Cl)c(C)cc1NC(=O)CN1C[C@@H](C)O[C@@H](C)C1. The minimum atomic E-state index is -0.0682. The molecule has 5 nitrogen and oxygen atoms in total. The van der Waals surface area contributed by atoms with Crippen molar-refractivity contribution in [2.45, 2.75) is 33.0 Å². The Morgan fingerprint density at radius 2 is 2.05 bits per heavy atom. The van der Waals surface area contributed by atoms with Gasteiger partial charge in [0, 0.05) is 24.2 Å². The van der Waals surface area contributed by atoms with Gasteiger partial charge in [-0.25, -0.2) is 0 Å². The Hall–Kier alpha value is -1.30. The van der Waals surface area contributed by atoms with E-state index in [1.807, 2.05) is 26.8 Å². The molecular weight excluding hydrogens is 304 g/mol. The lowest BCUT2D eigenvalue weighted by molar-refractivity contribution is -0.121. The van der Waals surface area contributed by atoms with Crippen molar-refractivity contribution in [3.05, 3.63) is 22.7 Å². The summed E-state index contributed by atoms with van der Waals surface area (Å²) in [6.45, 7) is 7.78. The van der Waals surface area contributed by atoms with Gasteiger partial charge in [-0.3, -0.25) is 9.69 Å². The first-order valence-corrected chi connectivity index (χ1v) is 7.78. The first kappa shape index (κ1) is 17.1. The maximum Gasteiger partial charge on any atom is 0.238 e. The molecule has 0 aliphatic carbocycles. The number of halogens is 1. The van der Waals surface area contributed by atoms with E-state index in [-0.39, 0.29) is 18.1 Å². The first-order valence-electron chi connectivity index (χ1n) is 7.41. The normalized spacial score (nSPS) is 22.4. The second-order valence-corrected chi connectivity index (χ2v) is 6.21. The molecule has 2 atom stereocenters. The lowest BCUT2D eigenvalue weighted by Crippen LogP contribution is -2.48. The molecule has 1 aliphatic heterocycles. The van der Waals surface area contributed by atoms with Crippen LogP contribution in [0.1, 0.15) is 19.4 Å². The van der Waals surface area contributed by atoms with Crippen molar-refractivity contribution in [2.75, 3.05) is 32.1 Å². The van der Waals surface area contributed by atoms with Crippen LogP contribution < -0.4 is 10.1 Å². The molecular formula is C16H23ClN2O3. The number of carbonyl (C=O) groups excluding carboxylic acids is 1. The monoisotopic (exact) mass is 326 g/mol. The topological polar surface area (TPSA) is 50.8 Å². The number of morpholine rings is 1. The number of nitrogens with zero attached hydrogens (tertiary/aromatic N) is 1. The van der Waals surface area contributed by atoms with Gasteiger partial charge in [-0.1, -0.05) is 11.6 Å². The second kappa shape index (κ2) is 7.31. The van der Waals surface area contributed by atoms with Crippen molar-refractivity contribution in [2.24, 2.45) is 0 Å². The molecule has 0 aromatic heterocycles. The molecule has 1 N–H and O–H groups in total. The molecule has 6 heteroatoms. The summed E-state index contributed by atoms with van der Waals surface area (Å²) >= 11 is 6.07. The highest BCUT2D eigenvalue weighted by Crippen LogP contribution is 2.30. The number of rotatable bonds is 4. The smallest absolute Gasteiger partial charge is 0.238 e. The van der Waals surface area contributed by atoms with Gasteiger partial charge in [-0.05, 0) is 32.4 Å². The van der Waals surface area contributed by atoms with E-state index in [1.54, 1.807) is 13.2 Å². The summed E-state index contributed by atoms with van der Waals surface area (Å²) in [6, 6.07) is 3.54. The zero-order chi connectivity index (χ0) is 16.3. The summed E-state index contributed by atoms with van der Waals surface area (Å²) in [4.78, 5) is 14.4. The number of amides is 1.